The maximum atomic E-state index is 10.8. The molecule has 1 aromatic rings. The predicted molar refractivity (Wildman–Crippen MR) is 121 cm³/mol. The number of methoxy groups -OCH3 is 2. The Balaban J connectivity index is 3.45. The summed E-state index contributed by atoms with van der Waals surface area (Å²) in [6.07, 6.45) is -1.64. The normalized spacial score (nSPS) is 15.5. The quantitative estimate of drug-likeness (QED) is 0.423. The van der Waals surface area contributed by atoms with E-state index in [1.165, 1.54) is 0 Å². The van der Waals surface area contributed by atoms with Crippen LogP contribution >= 0.6 is 0 Å². The van der Waals surface area contributed by atoms with Gasteiger partial charge in [0.15, 0.2) is 0 Å². The molecular weight excluding hydrogens is 382 g/mol. The molecule has 0 spiro atoms. The third-order valence-electron chi connectivity index (χ3n) is 5.96. The van der Waals surface area contributed by atoms with Gasteiger partial charge in [-0.25, -0.2) is 0 Å². The van der Waals surface area contributed by atoms with Crippen molar-refractivity contribution in [2.45, 2.75) is 66.4 Å². The average Bonchev–Trinajstić information content (AvgIpc) is 2.66. The zero-order chi connectivity index (χ0) is 23.1. The Morgan fingerprint density at radius 2 is 1.00 bits per heavy atom. The fraction of sp³-hybridized carbons (Fsp3) is 0.750. The van der Waals surface area contributed by atoms with Crippen molar-refractivity contribution < 1.29 is 29.3 Å². The standard InChI is InChI=1S/C24H44NO5/c1-16(2)22(26)13-25(14-23(27)17(3)4,15-24(28)18(5)6)12-19-9-20(29-7)11-21(10-19)30-8/h9-11,16-18,22-24,26-28H,12-15H2,1-8H3/q+1/t22-,23-,24-/m0/s1. The van der Waals surface area contributed by atoms with Crippen LogP contribution in [0.3, 0.4) is 0 Å². The van der Waals surface area contributed by atoms with Gasteiger partial charge in [-0.05, 0) is 29.9 Å². The molecule has 0 aliphatic carbocycles. The molecule has 1 rings (SSSR count). The number of rotatable bonds is 13. The first-order valence-electron chi connectivity index (χ1n) is 11.0. The molecule has 0 amide bonds. The van der Waals surface area contributed by atoms with Crippen molar-refractivity contribution in [2.24, 2.45) is 17.8 Å². The molecule has 0 fully saturated rings. The van der Waals surface area contributed by atoms with Crippen molar-refractivity contribution >= 4 is 0 Å². The van der Waals surface area contributed by atoms with Crippen molar-refractivity contribution in [3.05, 3.63) is 23.8 Å². The molecule has 0 aliphatic heterocycles. The summed E-state index contributed by atoms with van der Waals surface area (Å²) in [6, 6.07) is 5.74. The number of aliphatic hydroxyl groups is 3. The van der Waals surface area contributed by atoms with E-state index in [4.69, 9.17) is 9.47 Å². The largest absolute Gasteiger partial charge is 0.497 e. The Kier molecular flexibility index (Phi) is 10.6. The maximum absolute atomic E-state index is 10.8. The molecule has 174 valence electrons. The summed E-state index contributed by atoms with van der Waals surface area (Å²) >= 11 is 0. The molecule has 3 atom stereocenters. The molecule has 0 bridgehead atoms. The molecule has 6 heteroatoms. The lowest BCUT2D eigenvalue weighted by Crippen LogP contribution is -2.59. The highest BCUT2D eigenvalue weighted by Crippen LogP contribution is 2.28. The summed E-state index contributed by atoms with van der Waals surface area (Å²) in [5, 5.41) is 32.4. The Hall–Kier alpha value is -1.34. The molecule has 0 saturated heterocycles. The van der Waals surface area contributed by atoms with Crippen LogP contribution in [0, 0.1) is 17.8 Å². The summed E-state index contributed by atoms with van der Waals surface area (Å²) in [5.41, 5.74) is 0.981. The predicted octanol–water partition coefficient (Wildman–Crippen LogP) is 3.07. The molecule has 0 radical (unpaired) electrons. The topological polar surface area (TPSA) is 79.2 Å². The molecule has 0 aromatic heterocycles. The van der Waals surface area contributed by atoms with Crippen LogP contribution in [0.15, 0.2) is 18.2 Å². The van der Waals surface area contributed by atoms with E-state index in [0.717, 1.165) is 5.56 Å². The van der Waals surface area contributed by atoms with Gasteiger partial charge in [0.2, 0.25) is 0 Å². The van der Waals surface area contributed by atoms with E-state index in [1.54, 1.807) is 14.2 Å². The van der Waals surface area contributed by atoms with Gasteiger partial charge < -0.3 is 29.3 Å². The number of benzene rings is 1. The molecule has 0 heterocycles. The minimum Gasteiger partial charge on any atom is -0.497 e. The fourth-order valence-corrected chi connectivity index (χ4v) is 3.59. The molecule has 3 N–H and O–H groups in total. The lowest BCUT2D eigenvalue weighted by atomic mass is 9.98. The maximum Gasteiger partial charge on any atom is 0.123 e. The Bertz CT molecular complexity index is 569. The van der Waals surface area contributed by atoms with E-state index in [0.29, 0.717) is 42.2 Å². The van der Waals surface area contributed by atoms with Gasteiger partial charge in [-0.2, -0.15) is 0 Å². The SMILES string of the molecule is COc1cc(C[N+](C[C@H](O)C(C)C)(C[C@H](O)C(C)C)C[C@H](O)C(C)C)cc(OC)c1. The van der Waals surface area contributed by atoms with E-state index >= 15 is 0 Å². The smallest absolute Gasteiger partial charge is 0.123 e. The van der Waals surface area contributed by atoms with Gasteiger partial charge in [0.1, 0.15) is 56.0 Å². The first-order valence-corrected chi connectivity index (χ1v) is 11.0. The summed E-state index contributed by atoms with van der Waals surface area (Å²) in [4.78, 5) is 0. The number of hydrogen-bond acceptors (Lipinski definition) is 5. The molecule has 1 aromatic carbocycles. The fourth-order valence-electron chi connectivity index (χ4n) is 3.59. The number of nitrogens with zero attached hydrogens (tertiary/aromatic N) is 1. The van der Waals surface area contributed by atoms with Crippen molar-refractivity contribution in [3.8, 4) is 11.5 Å². The molecule has 30 heavy (non-hydrogen) atoms. The molecule has 0 unspecified atom stereocenters. The van der Waals surface area contributed by atoms with Gasteiger partial charge in [0.25, 0.3) is 0 Å². The number of hydrogen-bond donors (Lipinski definition) is 3. The summed E-state index contributed by atoms with van der Waals surface area (Å²) < 4.78 is 11.3. The van der Waals surface area contributed by atoms with Crippen LogP contribution in [-0.2, 0) is 6.54 Å². The lowest BCUT2D eigenvalue weighted by Gasteiger charge is -2.44. The van der Waals surface area contributed by atoms with Crippen LogP contribution in [0.25, 0.3) is 0 Å². The van der Waals surface area contributed by atoms with Crippen molar-refractivity contribution in [2.75, 3.05) is 33.9 Å². The molecule has 0 saturated carbocycles. The van der Waals surface area contributed by atoms with Crippen LogP contribution in [-0.4, -0.2) is 72.0 Å². The minimum atomic E-state index is -0.545. The first-order chi connectivity index (χ1) is 13.9. The molecule has 6 nitrogen and oxygen atoms in total. The van der Waals surface area contributed by atoms with Crippen LogP contribution in [0.4, 0.5) is 0 Å². The highest BCUT2D eigenvalue weighted by Gasteiger charge is 2.38. The van der Waals surface area contributed by atoms with Crippen LogP contribution in [0.5, 0.6) is 11.5 Å². The molecular formula is C24H44NO5+. The zero-order valence-electron chi connectivity index (χ0n) is 20.1. The second kappa shape index (κ2) is 11.9. The Morgan fingerprint density at radius 1 is 0.667 bits per heavy atom. The van der Waals surface area contributed by atoms with Gasteiger partial charge in [-0.15, -0.1) is 0 Å². The number of quaternary nitrogens is 1. The third-order valence-corrected chi connectivity index (χ3v) is 5.96. The van der Waals surface area contributed by atoms with Gasteiger partial charge in [-0.3, -0.25) is 0 Å². The first kappa shape index (κ1) is 26.7. The van der Waals surface area contributed by atoms with Gasteiger partial charge >= 0.3 is 0 Å². The average molecular weight is 427 g/mol. The highest BCUT2D eigenvalue weighted by atomic mass is 16.5. The van der Waals surface area contributed by atoms with E-state index in [9.17, 15) is 15.3 Å². The summed E-state index contributed by atoms with van der Waals surface area (Å²) in [6.45, 7) is 13.8. The summed E-state index contributed by atoms with van der Waals surface area (Å²) in [7, 11) is 3.24. The highest BCUT2D eigenvalue weighted by molar-refractivity contribution is 5.38. The van der Waals surface area contributed by atoms with E-state index < -0.39 is 18.3 Å². The van der Waals surface area contributed by atoms with Crippen LogP contribution in [0.2, 0.25) is 0 Å². The van der Waals surface area contributed by atoms with E-state index in [-0.39, 0.29) is 17.8 Å². The van der Waals surface area contributed by atoms with Crippen molar-refractivity contribution in [3.63, 3.8) is 0 Å². The van der Waals surface area contributed by atoms with Gasteiger partial charge in [0, 0.05) is 11.6 Å². The van der Waals surface area contributed by atoms with Crippen molar-refractivity contribution in [1.82, 2.24) is 0 Å². The van der Waals surface area contributed by atoms with E-state index in [2.05, 4.69) is 0 Å². The minimum absolute atomic E-state index is 0.0785. The summed E-state index contributed by atoms with van der Waals surface area (Å²) in [5.74, 6) is 1.63. The Morgan fingerprint density at radius 3 is 1.27 bits per heavy atom. The second-order valence-corrected chi connectivity index (χ2v) is 9.70. The van der Waals surface area contributed by atoms with Gasteiger partial charge in [0.05, 0.1) is 14.2 Å². The number of ether oxygens (including phenoxy) is 2. The number of aliphatic hydroxyl groups excluding tert-OH is 3. The van der Waals surface area contributed by atoms with Gasteiger partial charge in [-0.1, -0.05) is 41.5 Å². The second-order valence-electron chi connectivity index (χ2n) is 9.70. The lowest BCUT2D eigenvalue weighted by molar-refractivity contribution is -0.949. The zero-order valence-corrected chi connectivity index (χ0v) is 20.1. The van der Waals surface area contributed by atoms with Crippen molar-refractivity contribution in [1.29, 1.82) is 0 Å². The molecule has 0 aliphatic rings. The Labute approximate surface area is 183 Å². The third kappa shape index (κ3) is 8.06. The van der Waals surface area contributed by atoms with Crippen LogP contribution < -0.4 is 9.47 Å². The van der Waals surface area contributed by atoms with E-state index in [1.807, 2.05) is 59.7 Å². The van der Waals surface area contributed by atoms with Crippen LogP contribution in [0.1, 0.15) is 47.1 Å². The monoisotopic (exact) mass is 426 g/mol.